The van der Waals surface area contributed by atoms with Crippen molar-refractivity contribution in [1.29, 1.82) is 0 Å². The average molecular weight is 379 g/mol. The molecule has 1 fully saturated rings. The zero-order valence-corrected chi connectivity index (χ0v) is 18.5. The Morgan fingerprint density at radius 3 is 2.07 bits per heavy atom. The van der Waals surface area contributed by atoms with Gasteiger partial charge in [-0.3, -0.25) is 0 Å². The molecule has 0 spiro atoms. The molecular weight excluding hydrogens is 340 g/mol. The summed E-state index contributed by atoms with van der Waals surface area (Å²) in [6, 6.07) is 17.8. The van der Waals surface area contributed by atoms with E-state index in [9.17, 15) is 0 Å². The molecule has 2 aromatic carbocycles. The Hall–Kier alpha value is -1.96. The van der Waals surface area contributed by atoms with Crippen LogP contribution in [0, 0.1) is 11.8 Å². The second-order valence-corrected chi connectivity index (χ2v) is 9.68. The van der Waals surface area contributed by atoms with Crippen molar-refractivity contribution in [1.82, 2.24) is 0 Å². The number of rotatable bonds is 8. The highest BCUT2D eigenvalue weighted by Gasteiger charge is 2.31. The Morgan fingerprint density at radius 2 is 1.50 bits per heavy atom. The molecule has 1 aliphatic carbocycles. The number of nitrogens with one attached hydrogen (secondary N) is 1. The molecule has 3 rings (SSSR count). The smallest absolute Gasteiger partial charge is 0.0625 e. The van der Waals surface area contributed by atoms with Crippen LogP contribution >= 0.6 is 0 Å². The van der Waals surface area contributed by atoms with E-state index in [1.165, 1.54) is 42.6 Å². The van der Waals surface area contributed by atoms with Gasteiger partial charge in [0.2, 0.25) is 0 Å². The maximum absolute atomic E-state index is 3.74. The van der Waals surface area contributed by atoms with Gasteiger partial charge in [0.05, 0.1) is 11.4 Å². The van der Waals surface area contributed by atoms with Crippen LogP contribution in [0.1, 0.15) is 65.9 Å². The van der Waals surface area contributed by atoms with Crippen molar-refractivity contribution in [2.75, 3.05) is 23.3 Å². The normalized spacial score (nSPS) is 16.0. The van der Waals surface area contributed by atoms with E-state index in [0.29, 0.717) is 17.3 Å². The number of nitrogens with zero attached hydrogens (tertiary/aromatic N) is 1. The largest absolute Gasteiger partial charge is 0.369 e. The zero-order chi connectivity index (χ0) is 20.1. The second-order valence-electron chi connectivity index (χ2n) is 9.68. The molecular formula is C26H38N2. The molecule has 28 heavy (non-hydrogen) atoms. The first-order chi connectivity index (χ1) is 13.4. The second kappa shape index (κ2) is 9.03. The van der Waals surface area contributed by atoms with E-state index in [-0.39, 0.29) is 0 Å². The molecule has 2 nitrogen and oxygen atoms in total. The summed E-state index contributed by atoms with van der Waals surface area (Å²) in [7, 11) is 0. The van der Waals surface area contributed by atoms with Crippen molar-refractivity contribution < 1.29 is 0 Å². The first kappa shape index (κ1) is 20.8. The van der Waals surface area contributed by atoms with Crippen molar-refractivity contribution >= 4 is 17.1 Å². The molecule has 0 radical (unpaired) electrons. The average Bonchev–Trinajstić information content (AvgIpc) is 3.09. The fourth-order valence-corrected chi connectivity index (χ4v) is 4.56. The Kier molecular flexibility index (Phi) is 6.69. The molecule has 0 aliphatic heterocycles. The number of para-hydroxylation sites is 1. The molecule has 0 unspecified atom stereocenters. The predicted octanol–water partition coefficient (Wildman–Crippen LogP) is 7.38. The van der Waals surface area contributed by atoms with E-state index in [0.717, 1.165) is 18.8 Å². The summed E-state index contributed by atoms with van der Waals surface area (Å²) in [4.78, 5) is 2.57. The predicted molar refractivity (Wildman–Crippen MR) is 124 cm³/mol. The maximum atomic E-state index is 3.74. The van der Waals surface area contributed by atoms with Gasteiger partial charge in [0.1, 0.15) is 0 Å². The van der Waals surface area contributed by atoms with Gasteiger partial charge < -0.3 is 10.2 Å². The molecule has 0 aromatic heterocycles. The van der Waals surface area contributed by atoms with Gasteiger partial charge in [-0.25, -0.2) is 0 Å². The van der Waals surface area contributed by atoms with Gasteiger partial charge >= 0.3 is 0 Å². The van der Waals surface area contributed by atoms with Gasteiger partial charge in [-0.05, 0) is 59.9 Å². The minimum atomic E-state index is 0.326. The van der Waals surface area contributed by atoms with E-state index in [1.54, 1.807) is 0 Å². The highest BCUT2D eigenvalue weighted by Crippen LogP contribution is 2.43. The molecule has 1 N–H and O–H groups in total. The fourth-order valence-electron chi connectivity index (χ4n) is 4.56. The molecule has 0 amide bonds. The van der Waals surface area contributed by atoms with Crippen LogP contribution in [-0.4, -0.2) is 13.1 Å². The van der Waals surface area contributed by atoms with Gasteiger partial charge in [0.15, 0.2) is 0 Å². The van der Waals surface area contributed by atoms with Crippen LogP contribution in [0.5, 0.6) is 0 Å². The summed E-state index contributed by atoms with van der Waals surface area (Å²) < 4.78 is 0. The van der Waals surface area contributed by atoms with Crippen LogP contribution in [-0.2, 0) is 5.41 Å². The Balaban J connectivity index is 2.01. The standard InChI is InChI=1S/C26H38N2/c1-20(2)18-28(19-21(3)4)25-14-13-22(26(5)15-9-10-16-26)17-24(25)27-23-11-7-6-8-12-23/h6-8,11-14,17,20-21,27H,9-10,15-16,18-19H2,1-5H3. The lowest BCUT2D eigenvalue weighted by Gasteiger charge is -2.32. The van der Waals surface area contributed by atoms with Crippen LogP contribution in [0.3, 0.4) is 0 Å². The first-order valence-corrected chi connectivity index (χ1v) is 11.1. The third-order valence-electron chi connectivity index (χ3n) is 5.97. The molecule has 2 aromatic rings. The van der Waals surface area contributed by atoms with Crippen LogP contribution in [0.4, 0.5) is 17.1 Å². The van der Waals surface area contributed by atoms with E-state index < -0.39 is 0 Å². The van der Waals surface area contributed by atoms with Crippen LogP contribution < -0.4 is 10.2 Å². The van der Waals surface area contributed by atoms with Crippen molar-refractivity contribution in [2.24, 2.45) is 11.8 Å². The van der Waals surface area contributed by atoms with Gasteiger partial charge in [-0.2, -0.15) is 0 Å². The quantitative estimate of drug-likeness (QED) is 0.515. The van der Waals surface area contributed by atoms with Crippen LogP contribution in [0.25, 0.3) is 0 Å². The summed E-state index contributed by atoms with van der Waals surface area (Å²) in [5.74, 6) is 1.27. The zero-order valence-electron chi connectivity index (χ0n) is 18.5. The Bertz CT molecular complexity index is 732. The van der Waals surface area contributed by atoms with Gasteiger partial charge in [-0.1, -0.05) is 71.7 Å². The Labute approximate surface area is 172 Å². The van der Waals surface area contributed by atoms with Crippen LogP contribution in [0.2, 0.25) is 0 Å². The summed E-state index contributed by atoms with van der Waals surface area (Å²) in [6.07, 6.45) is 5.32. The van der Waals surface area contributed by atoms with Gasteiger partial charge in [0.25, 0.3) is 0 Å². The van der Waals surface area contributed by atoms with E-state index in [2.05, 4.69) is 93.4 Å². The maximum Gasteiger partial charge on any atom is 0.0625 e. The number of anilines is 3. The lowest BCUT2D eigenvalue weighted by atomic mass is 9.80. The monoisotopic (exact) mass is 378 g/mol. The lowest BCUT2D eigenvalue weighted by Crippen LogP contribution is -2.32. The molecule has 1 saturated carbocycles. The molecule has 0 atom stereocenters. The highest BCUT2D eigenvalue weighted by atomic mass is 15.1. The molecule has 0 heterocycles. The topological polar surface area (TPSA) is 15.3 Å². The summed E-state index contributed by atoms with van der Waals surface area (Å²) >= 11 is 0. The van der Waals surface area contributed by atoms with Crippen molar-refractivity contribution in [2.45, 2.75) is 65.7 Å². The lowest BCUT2D eigenvalue weighted by molar-refractivity contribution is 0.491. The molecule has 0 saturated heterocycles. The summed E-state index contributed by atoms with van der Waals surface area (Å²) in [5.41, 5.74) is 5.55. The molecule has 152 valence electrons. The number of hydrogen-bond acceptors (Lipinski definition) is 2. The molecule has 2 heteroatoms. The van der Waals surface area contributed by atoms with Crippen molar-refractivity contribution in [3.63, 3.8) is 0 Å². The van der Waals surface area contributed by atoms with Crippen LogP contribution in [0.15, 0.2) is 48.5 Å². The Morgan fingerprint density at radius 1 is 0.893 bits per heavy atom. The van der Waals surface area contributed by atoms with Gasteiger partial charge in [0, 0.05) is 18.8 Å². The molecule has 1 aliphatic rings. The van der Waals surface area contributed by atoms with E-state index >= 15 is 0 Å². The molecule has 0 bridgehead atoms. The number of hydrogen-bond donors (Lipinski definition) is 1. The summed E-state index contributed by atoms with van der Waals surface area (Å²) in [5, 5.41) is 3.74. The number of benzene rings is 2. The highest BCUT2D eigenvalue weighted by molar-refractivity contribution is 5.76. The van der Waals surface area contributed by atoms with E-state index in [4.69, 9.17) is 0 Å². The minimum Gasteiger partial charge on any atom is -0.369 e. The van der Waals surface area contributed by atoms with Crippen molar-refractivity contribution in [3.05, 3.63) is 54.1 Å². The minimum absolute atomic E-state index is 0.326. The first-order valence-electron chi connectivity index (χ1n) is 11.1. The fraction of sp³-hybridized carbons (Fsp3) is 0.538. The van der Waals surface area contributed by atoms with Crippen molar-refractivity contribution in [3.8, 4) is 0 Å². The third kappa shape index (κ3) is 5.10. The van der Waals surface area contributed by atoms with Gasteiger partial charge in [-0.15, -0.1) is 0 Å². The van der Waals surface area contributed by atoms with E-state index in [1.807, 2.05) is 0 Å². The SMILES string of the molecule is CC(C)CN(CC(C)C)c1ccc(C2(C)CCCC2)cc1Nc1ccccc1. The summed E-state index contributed by atoms with van der Waals surface area (Å²) in [6.45, 7) is 13.9. The third-order valence-corrected chi connectivity index (χ3v) is 5.97.